The molecule has 3 heterocycles. The number of carboxylic acid groups (broad SMARTS) is 1. The van der Waals surface area contributed by atoms with Crippen LogP contribution in [-0.2, 0) is 17.6 Å². The van der Waals surface area contributed by atoms with E-state index in [9.17, 15) is 14.7 Å². The first-order valence-electron chi connectivity index (χ1n) is 11.0. The molecule has 8 nitrogen and oxygen atoms in total. The standard InChI is InChI=1S/C25H23Cl2N5O3/c1-14(2)9-21-30-19-7-4-8-29-23(19)32(21)16-6-3-5-15(10-16)11-20(25(34)35)31-24(33)22-17(26)12-28-13-18(22)27/h3-8,10,12-14,20H,9,11H2,1-2H3,(H,31,33)(H,34,35)/t20-/m0/s1. The van der Waals surface area contributed by atoms with Gasteiger partial charge in [0.1, 0.15) is 17.4 Å². The minimum atomic E-state index is -1.20. The Morgan fingerprint density at radius 3 is 2.51 bits per heavy atom. The van der Waals surface area contributed by atoms with Crippen molar-refractivity contribution in [3.8, 4) is 5.69 Å². The molecule has 10 heteroatoms. The van der Waals surface area contributed by atoms with Gasteiger partial charge >= 0.3 is 5.97 Å². The normalized spacial score (nSPS) is 12.1. The first-order valence-corrected chi connectivity index (χ1v) is 11.7. The van der Waals surface area contributed by atoms with Gasteiger partial charge in [-0.15, -0.1) is 0 Å². The Balaban J connectivity index is 1.65. The van der Waals surface area contributed by atoms with E-state index in [1.165, 1.54) is 12.4 Å². The van der Waals surface area contributed by atoms with Gasteiger partial charge in [-0.3, -0.25) is 14.3 Å². The maximum Gasteiger partial charge on any atom is 0.326 e. The monoisotopic (exact) mass is 511 g/mol. The van der Waals surface area contributed by atoms with Crippen molar-refractivity contribution < 1.29 is 14.7 Å². The van der Waals surface area contributed by atoms with Gasteiger partial charge in [0.25, 0.3) is 5.91 Å². The Morgan fingerprint density at radius 1 is 1.09 bits per heavy atom. The summed E-state index contributed by atoms with van der Waals surface area (Å²) in [4.78, 5) is 37.8. The van der Waals surface area contributed by atoms with E-state index in [4.69, 9.17) is 28.2 Å². The molecule has 0 spiro atoms. The van der Waals surface area contributed by atoms with Crippen molar-refractivity contribution in [3.05, 3.63) is 82.0 Å². The highest BCUT2D eigenvalue weighted by molar-refractivity contribution is 6.39. The molecule has 0 bridgehead atoms. The summed E-state index contributed by atoms with van der Waals surface area (Å²) in [6.07, 6.45) is 5.07. The van der Waals surface area contributed by atoms with E-state index in [1.807, 2.05) is 41.0 Å². The van der Waals surface area contributed by atoms with E-state index in [-0.39, 0.29) is 22.0 Å². The van der Waals surface area contributed by atoms with Crippen LogP contribution >= 0.6 is 23.2 Å². The van der Waals surface area contributed by atoms with Gasteiger partial charge in [-0.05, 0) is 35.7 Å². The zero-order valence-electron chi connectivity index (χ0n) is 19.1. The summed E-state index contributed by atoms with van der Waals surface area (Å²) in [5, 5.41) is 12.4. The predicted molar refractivity (Wildman–Crippen MR) is 134 cm³/mol. The van der Waals surface area contributed by atoms with Gasteiger partial charge < -0.3 is 10.4 Å². The number of carboxylic acids is 1. The summed E-state index contributed by atoms with van der Waals surface area (Å²) in [6, 6.07) is 10.0. The molecule has 1 amide bonds. The quantitative estimate of drug-likeness (QED) is 0.353. The van der Waals surface area contributed by atoms with Crippen LogP contribution in [0.2, 0.25) is 10.0 Å². The third kappa shape index (κ3) is 5.44. The van der Waals surface area contributed by atoms with Crippen molar-refractivity contribution in [1.29, 1.82) is 0 Å². The minimum absolute atomic E-state index is 0.0161. The Bertz CT molecular complexity index is 1380. The van der Waals surface area contributed by atoms with Gasteiger partial charge in [0.15, 0.2) is 5.65 Å². The molecule has 0 saturated carbocycles. The Morgan fingerprint density at radius 2 is 1.83 bits per heavy atom. The second-order valence-corrected chi connectivity index (χ2v) is 9.34. The highest BCUT2D eigenvalue weighted by atomic mass is 35.5. The smallest absolute Gasteiger partial charge is 0.326 e. The molecule has 0 aliphatic rings. The van der Waals surface area contributed by atoms with Crippen LogP contribution in [0.3, 0.4) is 0 Å². The number of nitrogens with zero attached hydrogens (tertiary/aromatic N) is 4. The van der Waals surface area contributed by atoms with Gasteiger partial charge in [0.2, 0.25) is 0 Å². The lowest BCUT2D eigenvalue weighted by atomic mass is 10.0. The topological polar surface area (TPSA) is 110 Å². The summed E-state index contributed by atoms with van der Waals surface area (Å²) in [7, 11) is 0. The molecule has 0 aliphatic heterocycles. The Labute approximate surface area is 211 Å². The molecule has 0 unspecified atom stereocenters. The Hall–Kier alpha value is -3.49. The van der Waals surface area contributed by atoms with Crippen LogP contribution in [0.15, 0.2) is 55.0 Å². The molecule has 0 saturated heterocycles. The van der Waals surface area contributed by atoms with Crippen LogP contribution in [-0.4, -0.2) is 42.5 Å². The summed E-state index contributed by atoms with van der Waals surface area (Å²) in [5.74, 6) is -0.613. The number of pyridine rings is 2. The first-order chi connectivity index (χ1) is 16.7. The van der Waals surface area contributed by atoms with Gasteiger partial charge in [0.05, 0.1) is 15.6 Å². The van der Waals surface area contributed by atoms with E-state index in [1.54, 1.807) is 6.20 Å². The van der Waals surface area contributed by atoms with Gasteiger partial charge in [-0.1, -0.05) is 49.2 Å². The maximum absolute atomic E-state index is 12.7. The fourth-order valence-corrected chi connectivity index (χ4v) is 4.39. The number of aliphatic carboxylic acids is 1. The molecule has 4 rings (SSSR count). The molecule has 0 radical (unpaired) electrons. The molecular formula is C25H23Cl2N5O3. The highest BCUT2D eigenvalue weighted by Crippen LogP contribution is 2.24. The molecule has 2 N–H and O–H groups in total. The van der Waals surface area contributed by atoms with Crippen molar-refractivity contribution in [2.75, 3.05) is 0 Å². The zero-order valence-corrected chi connectivity index (χ0v) is 20.6. The highest BCUT2D eigenvalue weighted by Gasteiger charge is 2.24. The lowest BCUT2D eigenvalue weighted by Gasteiger charge is -2.17. The van der Waals surface area contributed by atoms with Crippen LogP contribution in [0, 0.1) is 5.92 Å². The third-order valence-electron chi connectivity index (χ3n) is 5.37. The number of carbonyl (C=O) groups is 2. The van der Waals surface area contributed by atoms with E-state index in [2.05, 4.69) is 29.1 Å². The second-order valence-electron chi connectivity index (χ2n) is 8.52. The van der Waals surface area contributed by atoms with Crippen molar-refractivity contribution in [3.63, 3.8) is 0 Å². The lowest BCUT2D eigenvalue weighted by molar-refractivity contribution is -0.139. The maximum atomic E-state index is 12.7. The first kappa shape index (κ1) is 24.6. The average Bonchev–Trinajstić information content (AvgIpc) is 3.15. The number of rotatable bonds is 8. The van der Waals surface area contributed by atoms with E-state index in [0.717, 1.165) is 34.7 Å². The fraction of sp³-hybridized carbons (Fsp3) is 0.240. The van der Waals surface area contributed by atoms with Crippen LogP contribution < -0.4 is 5.32 Å². The molecule has 0 fully saturated rings. The van der Waals surface area contributed by atoms with Crippen molar-refractivity contribution >= 4 is 46.2 Å². The summed E-state index contributed by atoms with van der Waals surface area (Å²) in [5.41, 5.74) is 3.03. The molecular weight excluding hydrogens is 489 g/mol. The van der Waals surface area contributed by atoms with Crippen LogP contribution in [0.5, 0.6) is 0 Å². The second kappa shape index (κ2) is 10.4. The minimum Gasteiger partial charge on any atom is -0.480 e. The van der Waals surface area contributed by atoms with E-state index in [0.29, 0.717) is 5.92 Å². The molecule has 1 aromatic carbocycles. The van der Waals surface area contributed by atoms with Crippen molar-refractivity contribution in [2.45, 2.75) is 32.7 Å². The fourth-order valence-electron chi connectivity index (χ4n) is 3.85. The third-order valence-corrected chi connectivity index (χ3v) is 5.94. The SMILES string of the molecule is CC(C)Cc1nc2cccnc2n1-c1cccc(C[C@H](NC(=O)c2c(Cl)cncc2Cl)C(=O)O)c1. The van der Waals surface area contributed by atoms with Gasteiger partial charge in [-0.2, -0.15) is 0 Å². The lowest BCUT2D eigenvalue weighted by Crippen LogP contribution is -2.42. The molecule has 4 aromatic rings. The van der Waals surface area contributed by atoms with Crippen molar-refractivity contribution in [1.82, 2.24) is 24.8 Å². The average molecular weight is 512 g/mol. The number of nitrogens with one attached hydrogen (secondary N) is 1. The summed E-state index contributed by atoms with van der Waals surface area (Å²) < 4.78 is 1.99. The number of carbonyl (C=O) groups excluding carboxylic acids is 1. The largest absolute Gasteiger partial charge is 0.480 e. The van der Waals surface area contributed by atoms with Gasteiger partial charge in [0, 0.05) is 37.1 Å². The molecule has 180 valence electrons. The number of hydrogen-bond acceptors (Lipinski definition) is 5. The molecule has 0 aliphatic carbocycles. The summed E-state index contributed by atoms with van der Waals surface area (Å²) >= 11 is 12.1. The number of benzene rings is 1. The number of hydrogen-bond donors (Lipinski definition) is 2. The van der Waals surface area contributed by atoms with Crippen LogP contribution in [0.1, 0.15) is 35.6 Å². The number of imidazole rings is 1. The van der Waals surface area contributed by atoms with E-state index < -0.39 is 17.9 Å². The number of aromatic nitrogens is 4. The Kier molecular flexibility index (Phi) is 7.33. The molecule has 3 aromatic heterocycles. The molecule has 35 heavy (non-hydrogen) atoms. The molecule has 1 atom stereocenters. The predicted octanol–water partition coefficient (Wildman–Crippen LogP) is 4.75. The van der Waals surface area contributed by atoms with Crippen LogP contribution in [0.25, 0.3) is 16.9 Å². The number of halogens is 2. The van der Waals surface area contributed by atoms with Crippen molar-refractivity contribution in [2.24, 2.45) is 5.92 Å². The summed E-state index contributed by atoms with van der Waals surface area (Å²) in [6.45, 7) is 4.24. The van der Waals surface area contributed by atoms with Gasteiger partial charge in [-0.25, -0.2) is 14.8 Å². The number of amides is 1. The zero-order chi connectivity index (χ0) is 25.1. The van der Waals surface area contributed by atoms with Crippen LogP contribution in [0.4, 0.5) is 0 Å². The van der Waals surface area contributed by atoms with E-state index >= 15 is 0 Å². The number of fused-ring (bicyclic) bond motifs is 1.